The molecule has 3 aliphatic heterocycles. The van der Waals surface area contributed by atoms with Gasteiger partial charge in [0.05, 0.1) is 12.5 Å². The van der Waals surface area contributed by atoms with Gasteiger partial charge in [-0.05, 0) is 6.42 Å². The van der Waals surface area contributed by atoms with E-state index in [1.165, 1.54) is 0 Å². The maximum absolute atomic E-state index is 11.6. The van der Waals surface area contributed by atoms with Crippen LogP contribution < -0.4 is 0 Å². The second-order valence-corrected chi connectivity index (χ2v) is 4.72. The zero-order chi connectivity index (χ0) is 14.3. The highest BCUT2D eigenvalue weighted by atomic mass is 16.8. The van der Waals surface area contributed by atoms with Crippen LogP contribution in [0.25, 0.3) is 0 Å². The summed E-state index contributed by atoms with van der Waals surface area (Å²) in [5.41, 5.74) is 0. The van der Waals surface area contributed by atoms with Crippen LogP contribution in [0.4, 0.5) is 4.79 Å². The molecule has 0 radical (unpaired) electrons. The molecule has 0 aromatic carbocycles. The quantitative estimate of drug-likeness (QED) is 0.523. The number of imide groups is 1. The molecule has 0 bridgehead atoms. The Kier molecular flexibility index (Phi) is 3.32. The zero-order valence-electron chi connectivity index (χ0n) is 10.4. The van der Waals surface area contributed by atoms with Crippen molar-refractivity contribution in [3.63, 3.8) is 0 Å². The predicted octanol–water partition coefficient (Wildman–Crippen LogP) is -0.717. The lowest BCUT2D eigenvalue weighted by molar-refractivity contribution is -0.197. The van der Waals surface area contributed by atoms with Crippen LogP contribution in [0.1, 0.15) is 19.3 Å². The molecule has 20 heavy (non-hydrogen) atoms. The molecule has 1 unspecified atom stereocenters. The third-order valence-corrected chi connectivity index (χ3v) is 3.46. The van der Waals surface area contributed by atoms with Crippen molar-refractivity contribution in [2.45, 2.75) is 37.9 Å². The first-order chi connectivity index (χ1) is 9.56. The van der Waals surface area contributed by atoms with Crippen molar-refractivity contribution in [3.05, 3.63) is 0 Å². The summed E-state index contributed by atoms with van der Waals surface area (Å²) in [4.78, 5) is 38.7. The molecule has 0 aromatic rings. The number of aliphatic hydroxyl groups excluding tert-OH is 1. The maximum atomic E-state index is 11.6. The summed E-state index contributed by atoms with van der Waals surface area (Å²) in [6, 6.07) is 0. The third-order valence-electron chi connectivity index (χ3n) is 3.46. The number of ether oxygens (including phenoxy) is 3. The number of rotatable bonds is 2. The Bertz CT molecular complexity index is 436. The Morgan fingerprint density at radius 2 is 2.00 bits per heavy atom. The van der Waals surface area contributed by atoms with Gasteiger partial charge in [0.2, 0.25) is 0 Å². The number of amides is 2. The van der Waals surface area contributed by atoms with Crippen molar-refractivity contribution in [1.29, 1.82) is 0 Å². The van der Waals surface area contributed by atoms with Crippen molar-refractivity contribution in [2.24, 2.45) is 5.92 Å². The molecule has 3 rings (SSSR count). The van der Waals surface area contributed by atoms with E-state index < -0.39 is 36.7 Å². The van der Waals surface area contributed by atoms with Gasteiger partial charge in [0, 0.05) is 12.8 Å². The molecular formula is C11H13NO8. The Labute approximate surface area is 113 Å². The first-order valence-corrected chi connectivity index (χ1v) is 6.26. The number of aliphatic hydroxyl groups is 1. The lowest BCUT2D eigenvalue weighted by Crippen LogP contribution is -2.37. The van der Waals surface area contributed by atoms with E-state index in [0.717, 1.165) is 0 Å². The SMILES string of the molecule is O=C(O[C@H]1C(O)O[C@@H]2OCC[C@H]21)ON1C(=O)CCC1=O. The van der Waals surface area contributed by atoms with E-state index in [1.54, 1.807) is 0 Å². The molecule has 9 nitrogen and oxygen atoms in total. The fourth-order valence-electron chi connectivity index (χ4n) is 2.48. The fourth-order valence-corrected chi connectivity index (χ4v) is 2.48. The largest absolute Gasteiger partial charge is 0.534 e. The van der Waals surface area contributed by atoms with Crippen LogP contribution in [0.2, 0.25) is 0 Å². The van der Waals surface area contributed by atoms with E-state index in [0.29, 0.717) is 18.1 Å². The molecule has 110 valence electrons. The summed E-state index contributed by atoms with van der Waals surface area (Å²) in [6.45, 7) is 0.445. The second kappa shape index (κ2) is 5.00. The van der Waals surface area contributed by atoms with Crippen LogP contribution in [-0.2, 0) is 28.6 Å². The number of fused-ring (bicyclic) bond motifs is 1. The van der Waals surface area contributed by atoms with Crippen molar-refractivity contribution in [2.75, 3.05) is 6.61 Å². The minimum atomic E-state index is -1.32. The first kappa shape index (κ1) is 13.3. The van der Waals surface area contributed by atoms with E-state index >= 15 is 0 Å². The second-order valence-electron chi connectivity index (χ2n) is 4.72. The summed E-state index contributed by atoms with van der Waals surface area (Å²) in [6.07, 6.45) is -3.53. The highest BCUT2D eigenvalue weighted by Gasteiger charge is 2.50. The standard InChI is InChI=1S/C11H13NO8/c13-6-1-2-7(14)12(6)20-11(16)18-8-5-3-4-17-10(5)19-9(8)15/h5,8-10,15H,1-4H2/t5-,8+,9?,10-/m0/s1. The van der Waals surface area contributed by atoms with Gasteiger partial charge in [-0.25, -0.2) is 4.79 Å². The van der Waals surface area contributed by atoms with Crippen molar-refractivity contribution in [1.82, 2.24) is 5.06 Å². The number of hydrogen-bond acceptors (Lipinski definition) is 8. The molecule has 4 atom stereocenters. The Hall–Kier alpha value is -1.71. The molecule has 0 aliphatic carbocycles. The molecule has 1 N–H and O–H groups in total. The van der Waals surface area contributed by atoms with Crippen LogP contribution in [0.15, 0.2) is 0 Å². The number of hydroxylamine groups is 2. The Morgan fingerprint density at radius 1 is 1.30 bits per heavy atom. The lowest BCUT2D eigenvalue weighted by atomic mass is 10.0. The molecule has 2 amide bonds. The van der Waals surface area contributed by atoms with E-state index in [-0.39, 0.29) is 18.8 Å². The summed E-state index contributed by atoms with van der Waals surface area (Å²) >= 11 is 0. The maximum Gasteiger partial charge on any atom is 0.534 e. The molecule has 9 heteroatoms. The Balaban J connectivity index is 1.58. The van der Waals surface area contributed by atoms with E-state index in [1.807, 2.05) is 0 Å². The number of carbonyl (C=O) groups excluding carboxylic acids is 3. The minimum Gasteiger partial charge on any atom is -0.423 e. The van der Waals surface area contributed by atoms with Gasteiger partial charge in [-0.3, -0.25) is 14.4 Å². The average Bonchev–Trinajstić information content (AvgIpc) is 3.04. The smallest absolute Gasteiger partial charge is 0.423 e. The lowest BCUT2D eigenvalue weighted by Gasteiger charge is -2.19. The monoisotopic (exact) mass is 287 g/mol. The normalized spacial score (nSPS) is 36.4. The van der Waals surface area contributed by atoms with E-state index in [9.17, 15) is 19.5 Å². The van der Waals surface area contributed by atoms with Crippen molar-refractivity contribution in [3.8, 4) is 0 Å². The fraction of sp³-hybridized carbons (Fsp3) is 0.727. The van der Waals surface area contributed by atoms with Gasteiger partial charge in [0.1, 0.15) is 0 Å². The molecule has 3 fully saturated rings. The van der Waals surface area contributed by atoms with Crippen LogP contribution in [-0.4, -0.2) is 53.4 Å². The van der Waals surface area contributed by atoms with Crippen LogP contribution in [0, 0.1) is 5.92 Å². The molecule has 0 aromatic heterocycles. The highest BCUT2D eigenvalue weighted by Crippen LogP contribution is 2.36. The predicted molar refractivity (Wildman–Crippen MR) is 57.4 cm³/mol. The summed E-state index contributed by atoms with van der Waals surface area (Å²) < 4.78 is 15.2. The first-order valence-electron chi connectivity index (χ1n) is 6.26. The van der Waals surface area contributed by atoms with Crippen LogP contribution in [0.3, 0.4) is 0 Å². The number of carbonyl (C=O) groups is 3. The topological polar surface area (TPSA) is 112 Å². The molecule has 3 heterocycles. The molecule has 3 aliphatic rings. The number of nitrogens with zero attached hydrogens (tertiary/aromatic N) is 1. The summed E-state index contributed by atoms with van der Waals surface area (Å²) in [7, 11) is 0. The van der Waals surface area contributed by atoms with Gasteiger partial charge in [-0.15, -0.1) is 0 Å². The van der Waals surface area contributed by atoms with E-state index in [4.69, 9.17) is 14.2 Å². The molecule has 0 saturated carbocycles. The molecular weight excluding hydrogens is 274 g/mol. The Morgan fingerprint density at radius 3 is 2.70 bits per heavy atom. The van der Waals surface area contributed by atoms with Crippen LogP contribution >= 0.6 is 0 Å². The van der Waals surface area contributed by atoms with Gasteiger partial charge in [-0.2, -0.15) is 0 Å². The van der Waals surface area contributed by atoms with Gasteiger partial charge >= 0.3 is 6.16 Å². The average molecular weight is 287 g/mol. The third kappa shape index (κ3) is 2.23. The molecule has 3 saturated heterocycles. The highest BCUT2D eigenvalue weighted by molar-refractivity contribution is 6.01. The zero-order valence-corrected chi connectivity index (χ0v) is 10.4. The number of hydrogen-bond donors (Lipinski definition) is 1. The summed E-state index contributed by atoms with van der Waals surface area (Å²) in [5.74, 6) is -1.49. The van der Waals surface area contributed by atoms with Crippen molar-refractivity contribution >= 4 is 18.0 Å². The van der Waals surface area contributed by atoms with Gasteiger partial charge < -0.3 is 19.3 Å². The van der Waals surface area contributed by atoms with Gasteiger partial charge in [-0.1, -0.05) is 5.06 Å². The van der Waals surface area contributed by atoms with Crippen molar-refractivity contribution < 1.29 is 38.5 Å². The van der Waals surface area contributed by atoms with Gasteiger partial charge in [0.15, 0.2) is 18.7 Å². The molecule has 0 spiro atoms. The summed E-state index contributed by atoms with van der Waals surface area (Å²) in [5, 5.41) is 10.0. The van der Waals surface area contributed by atoms with E-state index in [2.05, 4.69) is 4.84 Å². The minimum absolute atomic E-state index is 0.000181. The van der Waals surface area contributed by atoms with Crippen LogP contribution in [0.5, 0.6) is 0 Å². The van der Waals surface area contributed by atoms with Gasteiger partial charge in [0.25, 0.3) is 11.8 Å².